The highest BCUT2D eigenvalue weighted by Gasteiger charge is 2.28. The summed E-state index contributed by atoms with van der Waals surface area (Å²) in [7, 11) is 0. The predicted molar refractivity (Wildman–Crippen MR) is 119 cm³/mol. The number of anilines is 1. The summed E-state index contributed by atoms with van der Waals surface area (Å²) < 4.78 is 0. The number of nitrogens with zero attached hydrogens (tertiary/aromatic N) is 3. The Labute approximate surface area is 183 Å². The number of halogens is 1. The molecule has 1 aliphatic rings. The molecule has 1 saturated heterocycles. The van der Waals surface area contributed by atoms with Gasteiger partial charge >= 0.3 is 0 Å². The zero-order valence-electron chi connectivity index (χ0n) is 17.6. The quantitative estimate of drug-likeness (QED) is 0.728. The number of amides is 2. The summed E-state index contributed by atoms with van der Waals surface area (Å²) in [6, 6.07) is 13.5. The maximum atomic E-state index is 13.0. The number of carbonyl (C=O) groups is 2. The number of pyridine rings is 1. The van der Waals surface area contributed by atoms with Gasteiger partial charge in [0.05, 0.1) is 17.5 Å². The molecule has 1 N–H and O–H groups in total. The topological polar surface area (TPSA) is 65.5 Å². The van der Waals surface area contributed by atoms with Gasteiger partial charge < -0.3 is 10.2 Å². The predicted octanol–water partition coefficient (Wildman–Crippen LogP) is 3.82. The Hall–Kier alpha value is -2.44. The van der Waals surface area contributed by atoms with E-state index in [-0.39, 0.29) is 23.8 Å². The van der Waals surface area contributed by atoms with Crippen molar-refractivity contribution in [1.82, 2.24) is 14.8 Å². The molecular weight excluding hydrogens is 400 g/mol. The van der Waals surface area contributed by atoms with Crippen LogP contribution in [0, 0.1) is 5.92 Å². The zero-order chi connectivity index (χ0) is 21.5. The summed E-state index contributed by atoms with van der Waals surface area (Å²) in [5.41, 5.74) is 1.12. The number of piperidine rings is 1. The molecule has 0 spiro atoms. The third-order valence-electron chi connectivity index (χ3n) is 5.35. The minimum atomic E-state index is -0.161. The maximum Gasteiger partial charge on any atom is 0.237 e. The summed E-state index contributed by atoms with van der Waals surface area (Å²) in [6.45, 7) is 6.39. The van der Waals surface area contributed by atoms with Gasteiger partial charge in [-0.15, -0.1) is 0 Å². The Morgan fingerprint density at radius 2 is 2.00 bits per heavy atom. The number of likely N-dealkylation sites (tertiary alicyclic amines) is 1. The van der Waals surface area contributed by atoms with Crippen LogP contribution in [0.15, 0.2) is 48.7 Å². The number of hydrogen-bond donors (Lipinski definition) is 1. The first kappa shape index (κ1) is 22.2. The van der Waals surface area contributed by atoms with E-state index in [4.69, 9.17) is 11.6 Å². The minimum Gasteiger partial charge on any atom is -0.335 e. The Kier molecular flexibility index (Phi) is 7.82. The van der Waals surface area contributed by atoms with Crippen molar-refractivity contribution in [2.24, 2.45) is 5.92 Å². The lowest BCUT2D eigenvalue weighted by Gasteiger charge is -2.34. The van der Waals surface area contributed by atoms with Crippen molar-refractivity contribution >= 4 is 29.2 Å². The lowest BCUT2D eigenvalue weighted by atomic mass is 9.97. The summed E-state index contributed by atoms with van der Waals surface area (Å²) in [6.07, 6.45) is 3.21. The largest absolute Gasteiger partial charge is 0.335 e. The van der Waals surface area contributed by atoms with Crippen molar-refractivity contribution in [3.63, 3.8) is 0 Å². The Morgan fingerprint density at radius 3 is 2.67 bits per heavy atom. The van der Waals surface area contributed by atoms with Crippen LogP contribution in [-0.4, -0.2) is 52.3 Å². The van der Waals surface area contributed by atoms with Crippen molar-refractivity contribution in [2.75, 3.05) is 25.0 Å². The fourth-order valence-corrected chi connectivity index (χ4v) is 3.82. The number of aromatic nitrogens is 1. The Balaban J connectivity index is 1.56. The van der Waals surface area contributed by atoms with Crippen LogP contribution < -0.4 is 5.32 Å². The first-order chi connectivity index (χ1) is 14.4. The highest BCUT2D eigenvalue weighted by molar-refractivity contribution is 6.30. The monoisotopic (exact) mass is 428 g/mol. The second-order valence-corrected chi connectivity index (χ2v) is 8.46. The van der Waals surface area contributed by atoms with E-state index in [2.05, 4.69) is 15.2 Å². The normalized spacial score (nSPS) is 17.0. The fraction of sp³-hybridized carbons (Fsp3) is 0.435. The lowest BCUT2D eigenvalue weighted by molar-refractivity contribution is -0.136. The van der Waals surface area contributed by atoms with E-state index >= 15 is 0 Å². The number of benzene rings is 1. The average Bonchev–Trinajstić information content (AvgIpc) is 2.74. The molecule has 3 rings (SSSR count). The number of rotatable bonds is 7. The number of hydrogen-bond acceptors (Lipinski definition) is 4. The van der Waals surface area contributed by atoms with Gasteiger partial charge in [-0.1, -0.05) is 41.9 Å². The summed E-state index contributed by atoms with van der Waals surface area (Å²) in [5, 5.41) is 3.38. The first-order valence-corrected chi connectivity index (χ1v) is 10.8. The average molecular weight is 429 g/mol. The summed E-state index contributed by atoms with van der Waals surface area (Å²) in [5.74, 6) is 0.360. The molecule has 0 aliphatic carbocycles. The zero-order valence-corrected chi connectivity index (χ0v) is 18.3. The van der Waals surface area contributed by atoms with Gasteiger partial charge in [0.15, 0.2) is 0 Å². The molecule has 1 aromatic heterocycles. The first-order valence-electron chi connectivity index (χ1n) is 10.4. The van der Waals surface area contributed by atoms with Gasteiger partial charge in [-0.2, -0.15) is 0 Å². The van der Waals surface area contributed by atoms with Gasteiger partial charge in [0.25, 0.3) is 0 Å². The van der Waals surface area contributed by atoms with E-state index in [0.717, 1.165) is 24.9 Å². The molecular formula is C23H29ClN4O2. The molecule has 1 fully saturated rings. The second kappa shape index (κ2) is 10.5. The van der Waals surface area contributed by atoms with Crippen LogP contribution in [0.3, 0.4) is 0 Å². The van der Waals surface area contributed by atoms with Gasteiger partial charge in [-0.3, -0.25) is 14.5 Å². The van der Waals surface area contributed by atoms with Crippen molar-refractivity contribution in [3.8, 4) is 0 Å². The van der Waals surface area contributed by atoms with Gasteiger partial charge in [0.1, 0.15) is 5.82 Å². The van der Waals surface area contributed by atoms with Gasteiger partial charge in [-0.25, -0.2) is 4.98 Å². The van der Waals surface area contributed by atoms with Crippen LogP contribution in [0.4, 0.5) is 5.82 Å². The molecule has 0 bridgehead atoms. The molecule has 2 aromatic rings. The second-order valence-electron chi connectivity index (χ2n) is 8.03. The smallest absolute Gasteiger partial charge is 0.237 e. The number of carbonyl (C=O) groups excluding carboxylic acids is 2. The molecule has 6 nitrogen and oxygen atoms in total. The highest BCUT2D eigenvalue weighted by atomic mass is 35.5. The Bertz CT molecular complexity index is 842. The van der Waals surface area contributed by atoms with E-state index < -0.39 is 0 Å². The molecule has 2 amide bonds. The van der Waals surface area contributed by atoms with Gasteiger partial charge in [-0.05, 0) is 50.9 Å². The van der Waals surface area contributed by atoms with Crippen molar-refractivity contribution in [3.05, 3.63) is 59.2 Å². The van der Waals surface area contributed by atoms with E-state index in [1.54, 1.807) is 12.1 Å². The van der Waals surface area contributed by atoms with E-state index in [1.807, 2.05) is 49.1 Å². The molecule has 0 saturated carbocycles. The SMILES string of the molecule is CC(C)N(Cc1ccccc1)C(=O)CN1CCCC(C(=O)Nc2ccc(Cl)cn2)C1. The standard InChI is InChI=1S/C23H29ClN4O2/c1-17(2)28(14-18-7-4-3-5-8-18)22(29)16-27-12-6-9-19(15-27)23(30)26-21-11-10-20(24)13-25-21/h3-5,7-8,10-11,13,17,19H,6,9,12,14-16H2,1-2H3,(H,25,26,30). The van der Waals surface area contributed by atoms with Crippen LogP contribution >= 0.6 is 11.6 Å². The summed E-state index contributed by atoms with van der Waals surface area (Å²) >= 11 is 5.85. The minimum absolute atomic E-state index is 0.0630. The van der Waals surface area contributed by atoms with Gasteiger partial charge in [0, 0.05) is 25.3 Å². The number of nitrogens with one attached hydrogen (secondary N) is 1. The third kappa shape index (κ3) is 6.28. The third-order valence-corrected chi connectivity index (χ3v) is 5.58. The lowest BCUT2D eigenvalue weighted by Crippen LogP contribution is -2.47. The molecule has 30 heavy (non-hydrogen) atoms. The van der Waals surface area contributed by atoms with Crippen LogP contribution in [0.25, 0.3) is 0 Å². The van der Waals surface area contributed by atoms with Crippen LogP contribution in [0.2, 0.25) is 5.02 Å². The van der Waals surface area contributed by atoms with Crippen LogP contribution in [0.5, 0.6) is 0 Å². The highest BCUT2D eigenvalue weighted by Crippen LogP contribution is 2.19. The fourth-order valence-electron chi connectivity index (χ4n) is 3.71. The molecule has 160 valence electrons. The van der Waals surface area contributed by atoms with Gasteiger partial charge in [0.2, 0.25) is 11.8 Å². The van der Waals surface area contributed by atoms with E-state index in [9.17, 15) is 9.59 Å². The molecule has 0 radical (unpaired) electrons. The molecule has 7 heteroatoms. The van der Waals surface area contributed by atoms with Crippen LogP contribution in [-0.2, 0) is 16.1 Å². The molecule has 1 aromatic carbocycles. The summed E-state index contributed by atoms with van der Waals surface area (Å²) in [4.78, 5) is 33.8. The Morgan fingerprint density at radius 1 is 1.23 bits per heavy atom. The molecule has 1 atom stereocenters. The molecule has 2 heterocycles. The van der Waals surface area contributed by atoms with Crippen molar-refractivity contribution in [2.45, 2.75) is 39.3 Å². The molecule has 1 unspecified atom stereocenters. The molecule has 1 aliphatic heterocycles. The van der Waals surface area contributed by atoms with E-state index in [1.165, 1.54) is 6.20 Å². The maximum absolute atomic E-state index is 13.0. The van der Waals surface area contributed by atoms with Crippen LogP contribution in [0.1, 0.15) is 32.3 Å². The van der Waals surface area contributed by atoms with E-state index in [0.29, 0.717) is 30.5 Å². The van der Waals surface area contributed by atoms with Crippen molar-refractivity contribution < 1.29 is 9.59 Å². The van der Waals surface area contributed by atoms with Crippen molar-refractivity contribution in [1.29, 1.82) is 0 Å².